The lowest BCUT2D eigenvalue weighted by Gasteiger charge is -2.15. The molecule has 10 nitrogen and oxygen atoms in total. The molecule has 0 fully saturated rings. The molecule has 13 heteroatoms. The van der Waals surface area contributed by atoms with E-state index in [-0.39, 0.29) is 23.6 Å². The second kappa shape index (κ2) is 7.50. The molecule has 0 radical (unpaired) electrons. The molecule has 30 heavy (non-hydrogen) atoms. The van der Waals surface area contributed by atoms with Crippen molar-refractivity contribution in [3.05, 3.63) is 42.4 Å². The van der Waals surface area contributed by atoms with Crippen LogP contribution < -0.4 is 14.8 Å². The highest BCUT2D eigenvalue weighted by atomic mass is 19.4. The Labute approximate surface area is 167 Å². The Morgan fingerprint density at radius 3 is 2.67 bits per heavy atom. The molecule has 0 saturated heterocycles. The van der Waals surface area contributed by atoms with E-state index in [1.54, 1.807) is 29.8 Å². The molecule has 0 aliphatic rings. The summed E-state index contributed by atoms with van der Waals surface area (Å²) in [4.78, 5) is 0. The van der Waals surface area contributed by atoms with E-state index in [1.165, 1.54) is 23.9 Å². The largest absolute Gasteiger partial charge is 0.573 e. The summed E-state index contributed by atoms with van der Waals surface area (Å²) in [5.74, 6) is 0.712. The van der Waals surface area contributed by atoms with Crippen LogP contribution in [0.5, 0.6) is 11.5 Å². The van der Waals surface area contributed by atoms with Gasteiger partial charge in [-0.1, -0.05) is 0 Å². The zero-order valence-electron chi connectivity index (χ0n) is 15.8. The molecule has 3 heterocycles. The number of halogens is 3. The Morgan fingerprint density at radius 1 is 1.13 bits per heavy atom. The van der Waals surface area contributed by atoms with E-state index >= 15 is 0 Å². The van der Waals surface area contributed by atoms with Gasteiger partial charge < -0.3 is 14.8 Å². The number of nitrogens with zero attached hydrogens (tertiary/aromatic N) is 7. The van der Waals surface area contributed by atoms with Crippen molar-refractivity contribution in [2.24, 2.45) is 7.05 Å². The first-order valence-corrected chi connectivity index (χ1v) is 8.59. The number of benzene rings is 1. The predicted molar refractivity (Wildman–Crippen MR) is 97.8 cm³/mol. The number of nitrogens with one attached hydrogen (secondary N) is 1. The van der Waals surface area contributed by atoms with Crippen LogP contribution in [0.25, 0.3) is 16.8 Å². The number of fused-ring (bicyclic) bond motifs is 1. The van der Waals surface area contributed by atoms with Gasteiger partial charge in [-0.3, -0.25) is 4.40 Å². The zero-order chi connectivity index (χ0) is 21.3. The molecule has 3 aromatic heterocycles. The first kappa shape index (κ1) is 19.4. The number of hydrogen-bond donors (Lipinski definition) is 1. The third-order valence-electron chi connectivity index (χ3n) is 4.25. The van der Waals surface area contributed by atoms with Crippen molar-refractivity contribution in [1.29, 1.82) is 0 Å². The average molecular weight is 420 g/mol. The maximum atomic E-state index is 12.9. The van der Waals surface area contributed by atoms with Crippen molar-refractivity contribution in [3.8, 4) is 22.8 Å². The number of aryl methyl sites for hydroxylation is 1. The topological polar surface area (TPSA) is 104 Å². The number of methoxy groups -OCH3 is 1. The summed E-state index contributed by atoms with van der Waals surface area (Å²) >= 11 is 0. The zero-order valence-corrected chi connectivity index (χ0v) is 15.8. The second-order valence-electron chi connectivity index (χ2n) is 6.12. The molecule has 0 atom stereocenters. The van der Waals surface area contributed by atoms with Crippen LogP contribution in [0.15, 0.2) is 36.5 Å². The lowest BCUT2D eigenvalue weighted by molar-refractivity contribution is -0.274. The first-order chi connectivity index (χ1) is 14.4. The standard InChI is InChI=1S/C17H15F3N8O2/c1-27-14(22-25-26-27)9-21-16-24-23-15(12-4-3-7-28(12)16)11-6-5-10(29-2)8-13(11)30-17(18,19)20/h3-8H,9H2,1-2H3,(H,21,24). The van der Waals surface area contributed by atoms with E-state index in [0.717, 1.165) is 6.07 Å². The van der Waals surface area contributed by atoms with Crippen LogP contribution in [-0.4, -0.2) is 48.3 Å². The summed E-state index contributed by atoms with van der Waals surface area (Å²) in [7, 11) is 3.05. The van der Waals surface area contributed by atoms with Crippen molar-refractivity contribution in [2.75, 3.05) is 12.4 Å². The summed E-state index contributed by atoms with van der Waals surface area (Å²) in [5.41, 5.74) is 0.863. The number of ether oxygens (including phenoxy) is 2. The Bertz CT molecular complexity index is 1190. The summed E-state index contributed by atoms with van der Waals surface area (Å²) < 4.78 is 51.1. The van der Waals surface area contributed by atoms with Gasteiger partial charge in [0, 0.05) is 24.9 Å². The molecule has 4 aromatic rings. The smallest absolute Gasteiger partial charge is 0.497 e. The summed E-state index contributed by atoms with van der Waals surface area (Å²) in [6, 6.07) is 7.55. The molecule has 0 aliphatic carbocycles. The first-order valence-electron chi connectivity index (χ1n) is 8.59. The van der Waals surface area contributed by atoms with Crippen LogP contribution >= 0.6 is 0 Å². The van der Waals surface area contributed by atoms with Gasteiger partial charge in [-0.15, -0.1) is 28.5 Å². The van der Waals surface area contributed by atoms with Crippen molar-refractivity contribution < 1.29 is 22.6 Å². The quantitative estimate of drug-likeness (QED) is 0.507. The van der Waals surface area contributed by atoms with Gasteiger partial charge in [0.25, 0.3) is 0 Å². The van der Waals surface area contributed by atoms with Gasteiger partial charge in [0.15, 0.2) is 5.82 Å². The van der Waals surface area contributed by atoms with Crippen molar-refractivity contribution in [3.63, 3.8) is 0 Å². The van der Waals surface area contributed by atoms with E-state index in [0.29, 0.717) is 17.3 Å². The van der Waals surface area contributed by atoms with Crippen molar-refractivity contribution in [1.82, 2.24) is 34.8 Å². The molecule has 0 saturated carbocycles. The van der Waals surface area contributed by atoms with Gasteiger partial charge in [-0.25, -0.2) is 4.68 Å². The minimum absolute atomic E-state index is 0.119. The number of aromatic nitrogens is 7. The van der Waals surface area contributed by atoms with Gasteiger partial charge >= 0.3 is 6.36 Å². The highest BCUT2D eigenvalue weighted by molar-refractivity contribution is 5.81. The maximum Gasteiger partial charge on any atom is 0.573 e. The summed E-state index contributed by atoms with van der Waals surface area (Å²) in [6.07, 6.45) is -3.17. The van der Waals surface area contributed by atoms with Crippen LogP contribution in [0.2, 0.25) is 0 Å². The van der Waals surface area contributed by atoms with Crippen molar-refractivity contribution >= 4 is 11.5 Å². The number of tetrazole rings is 1. The Balaban J connectivity index is 1.74. The third-order valence-corrected chi connectivity index (χ3v) is 4.25. The lowest BCUT2D eigenvalue weighted by atomic mass is 10.1. The van der Waals surface area contributed by atoms with E-state index in [9.17, 15) is 13.2 Å². The van der Waals surface area contributed by atoms with E-state index in [1.807, 2.05) is 0 Å². The average Bonchev–Trinajstić information content (AvgIpc) is 3.34. The lowest BCUT2D eigenvalue weighted by Crippen LogP contribution is -2.18. The Morgan fingerprint density at radius 2 is 1.97 bits per heavy atom. The molecule has 1 aromatic carbocycles. The van der Waals surface area contributed by atoms with E-state index in [2.05, 4.69) is 35.8 Å². The van der Waals surface area contributed by atoms with Crippen LogP contribution in [0, 0.1) is 0 Å². The minimum atomic E-state index is -4.88. The molecule has 156 valence electrons. The van der Waals surface area contributed by atoms with Gasteiger partial charge in [0.2, 0.25) is 5.95 Å². The molecular weight excluding hydrogens is 405 g/mol. The molecular formula is C17H15F3N8O2. The fraction of sp³-hybridized carbons (Fsp3) is 0.235. The summed E-state index contributed by atoms with van der Waals surface area (Å²) in [6.45, 7) is 0.274. The maximum absolute atomic E-state index is 12.9. The van der Waals surface area contributed by atoms with Gasteiger partial charge in [0.05, 0.1) is 19.2 Å². The monoisotopic (exact) mass is 420 g/mol. The van der Waals surface area contributed by atoms with Crippen molar-refractivity contribution in [2.45, 2.75) is 12.9 Å². The van der Waals surface area contributed by atoms with Crippen LogP contribution in [0.3, 0.4) is 0 Å². The SMILES string of the molecule is COc1ccc(-c2nnc(NCc3nnnn3C)n3cccc23)c(OC(F)(F)F)c1. The Hall–Kier alpha value is -3.90. The number of anilines is 1. The fourth-order valence-electron chi connectivity index (χ4n) is 2.86. The molecule has 0 amide bonds. The van der Waals surface area contributed by atoms with E-state index in [4.69, 9.17) is 4.74 Å². The predicted octanol–water partition coefficient (Wildman–Crippen LogP) is 2.44. The number of alkyl halides is 3. The molecule has 4 rings (SSSR count). The minimum Gasteiger partial charge on any atom is -0.497 e. The van der Waals surface area contributed by atoms with Crippen LogP contribution in [0.4, 0.5) is 19.1 Å². The molecule has 0 unspecified atom stereocenters. The van der Waals surface area contributed by atoms with E-state index < -0.39 is 12.1 Å². The third kappa shape index (κ3) is 3.81. The van der Waals surface area contributed by atoms with Gasteiger partial charge in [-0.2, -0.15) is 0 Å². The molecule has 1 N–H and O–H groups in total. The van der Waals surface area contributed by atoms with Gasteiger partial charge in [0.1, 0.15) is 17.2 Å². The Kier molecular flexibility index (Phi) is 4.85. The summed E-state index contributed by atoms with van der Waals surface area (Å²) in [5, 5.41) is 22.5. The number of rotatable bonds is 6. The normalized spacial score (nSPS) is 11.6. The number of hydrogen-bond acceptors (Lipinski definition) is 8. The highest BCUT2D eigenvalue weighted by Gasteiger charge is 2.33. The second-order valence-corrected chi connectivity index (χ2v) is 6.12. The van der Waals surface area contributed by atoms with Crippen LogP contribution in [-0.2, 0) is 13.6 Å². The molecule has 0 spiro atoms. The molecule has 0 aliphatic heterocycles. The van der Waals surface area contributed by atoms with Crippen LogP contribution in [0.1, 0.15) is 5.82 Å². The van der Waals surface area contributed by atoms with Gasteiger partial charge in [-0.05, 0) is 34.7 Å². The molecule has 0 bridgehead atoms. The fourth-order valence-corrected chi connectivity index (χ4v) is 2.86. The highest BCUT2D eigenvalue weighted by Crippen LogP contribution is 2.37.